The summed E-state index contributed by atoms with van der Waals surface area (Å²) in [5.41, 5.74) is 1.23. The van der Waals surface area contributed by atoms with Crippen LogP contribution in [-0.2, 0) is 6.42 Å². The van der Waals surface area contributed by atoms with E-state index in [1.54, 1.807) is 6.33 Å². The zero-order chi connectivity index (χ0) is 15.7. The molecule has 1 rings (SSSR count). The first kappa shape index (κ1) is 17.7. The van der Waals surface area contributed by atoms with Crippen molar-refractivity contribution in [2.45, 2.75) is 72.8 Å². The predicted octanol–water partition coefficient (Wildman–Crippen LogP) is 4.49. The Kier molecular flexibility index (Phi) is 8.09. The molecule has 0 aliphatic rings. The van der Waals surface area contributed by atoms with Gasteiger partial charge in [-0.3, -0.25) is 0 Å². The number of aromatic nitrogens is 2. The highest BCUT2D eigenvalue weighted by Crippen LogP contribution is 2.23. The molecule has 1 atom stereocenters. The predicted molar refractivity (Wildman–Crippen MR) is 92.0 cm³/mol. The maximum atomic E-state index is 4.47. The van der Waals surface area contributed by atoms with Crippen molar-refractivity contribution >= 4 is 11.6 Å². The third-order valence-electron chi connectivity index (χ3n) is 3.55. The average molecular weight is 292 g/mol. The first-order chi connectivity index (χ1) is 10.1. The van der Waals surface area contributed by atoms with Crippen LogP contribution in [0, 0.1) is 5.92 Å². The summed E-state index contributed by atoms with van der Waals surface area (Å²) in [5.74, 6) is 2.74. The average Bonchev–Trinajstić information content (AvgIpc) is 2.45. The van der Waals surface area contributed by atoms with Gasteiger partial charge in [-0.1, -0.05) is 34.1 Å². The van der Waals surface area contributed by atoms with E-state index in [9.17, 15) is 0 Å². The van der Waals surface area contributed by atoms with Crippen molar-refractivity contribution < 1.29 is 0 Å². The molecule has 1 aromatic heterocycles. The fraction of sp³-hybridized carbons (Fsp3) is 0.765. The van der Waals surface area contributed by atoms with Crippen LogP contribution in [0.25, 0.3) is 0 Å². The molecule has 21 heavy (non-hydrogen) atoms. The van der Waals surface area contributed by atoms with E-state index in [0.717, 1.165) is 43.4 Å². The van der Waals surface area contributed by atoms with E-state index in [0.29, 0.717) is 6.04 Å². The van der Waals surface area contributed by atoms with E-state index in [1.165, 1.54) is 18.4 Å². The highest BCUT2D eigenvalue weighted by molar-refractivity contribution is 5.57. The molecule has 0 fully saturated rings. The highest BCUT2D eigenvalue weighted by Gasteiger charge is 2.12. The molecule has 0 bridgehead atoms. The van der Waals surface area contributed by atoms with Crippen molar-refractivity contribution in [3.8, 4) is 0 Å². The van der Waals surface area contributed by atoms with Crippen molar-refractivity contribution in [2.75, 3.05) is 17.2 Å². The van der Waals surface area contributed by atoms with Crippen LogP contribution < -0.4 is 10.6 Å². The quantitative estimate of drug-likeness (QED) is 0.667. The Hall–Kier alpha value is -1.32. The number of hydrogen-bond acceptors (Lipinski definition) is 4. The molecule has 0 spiro atoms. The maximum absolute atomic E-state index is 4.47. The summed E-state index contributed by atoms with van der Waals surface area (Å²) in [4.78, 5) is 8.89. The number of nitrogens with one attached hydrogen (secondary N) is 2. The molecule has 120 valence electrons. The van der Waals surface area contributed by atoms with Gasteiger partial charge in [0.05, 0.1) is 0 Å². The minimum Gasteiger partial charge on any atom is -0.370 e. The zero-order valence-electron chi connectivity index (χ0n) is 14.4. The van der Waals surface area contributed by atoms with Gasteiger partial charge in [0, 0.05) is 18.2 Å². The molecule has 0 amide bonds. The van der Waals surface area contributed by atoms with Crippen LogP contribution in [0.1, 0.15) is 65.9 Å². The standard InChI is InChI=1S/C17H32N4/c1-6-8-15-16(18-11-7-2)19-12-20-17(15)21-14(5)10-9-13(3)4/h12-14H,6-11H2,1-5H3,(H2,18,19,20,21). The van der Waals surface area contributed by atoms with E-state index in [1.807, 2.05) is 0 Å². The first-order valence-electron chi connectivity index (χ1n) is 8.42. The lowest BCUT2D eigenvalue weighted by molar-refractivity contribution is 0.527. The van der Waals surface area contributed by atoms with Crippen LogP contribution >= 0.6 is 0 Å². The summed E-state index contributed by atoms with van der Waals surface area (Å²) in [7, 11) is 0. The van der Waals surface area contributed by atoms with E-state index in [2.05, 4.69) is 55.2 Å². The lowest BCUT2D eigenvalue weighted by Crippen LogP contribution is -2.19. The van der Waals surface area contributed by atoms with Gasteiger partial charge in [0.15, 0.2) is 0 Å². The van der Waals surface area contributed by atoms with Crippen molar-refractivity contribution in [3.63, 3.8) is 0 Å². The Labute approximate surface area is 130 Å². The van der Waals surface area contributed by atoms with Gasteiger partial charge in [0.1, 0.15) is 18.0 Å². The van der Waals surface area contributed by atoms with Crippen LogP contribution in [0.2, 0.25) is 0 Å². The Morgan fingerprint density at radius 2 is 1.71 bits per heavy atom. The van der Waals surface area contributed by atoms with Crippen molar-refractivity contribution in [1.82, 2.24) is 9.97 Å². The minimum atomic E-state index is 0.442. The monoisotopic (exact) mass is 292 g/mol. The molecule has 0 aliphatic heterocycles. The zero-order valence-corrected chi connectivity index (χ0v) is 14.4. The summed E-state index contributed by atoms with van der Waals surface area (Å²) in [6, 6.07) is 0.442. The summed E-state index contributed by atoms with van der Waals surface area (Å²) in [6.07, 6.45) is 7.28. The van der Waals surface area contributed by atoms with E-state index >= 15 is 0 Å². The van der Waals surface area contributed by atoms with Gasteiger partial charge < -0.3 is 10.6 Å². The summed E-state index contributed by atoms with van der Waals surface area (Å²) in [6.45, 7) is 12.1. The summed E-state index contributed by atoms with van der Waals surface area (Å²) >= 11 is 0. The SMILES string of the molecule is CCCNc1ncnc(NC(C)CCC(C)C)c1CCC. The number of anilines is 2. The van der Waals surface area contributed by atoms with Crippen molar-refractivity contribution in [3.05, 3.63) is 11.9 Å². The van der Waals surface area contributed by atoms with Crippen LogP contribution in [0.4, 0.5) is 11.6 Å². The second-order valence-electron chi connectivity index (χ2n) is 6.24. The third-order valence-corrected chi connectivity index (χ3v) is 3.55. The van der Waals surface area contributed by atoms with E-state index < -0.39 is 0 Å². The normalized spacial score (nSPS) is 12.5. The van der Waals surface area contributed by atoms with Gasteiger partial charge in [-0.15, -0.1) is 0 Å². The lowest BCUT2D eigenvalue weighted by Gasteiger charge is -2.19. The lowest BCUT2D eigenvalue weighted by atomic mass is 10.0. The van der Waals surface area contributed by atoms with E-state index in [-0.39, 0.29) is 0 Å². The Morgan fingerprint density at radius 3 is 2.33 bits per heavy atom. The fourth-order valence-corrected chi connectivity index (χ4v) is 2.31. The smallest absolute Gasteiger partial charge is 0.134 e. The van der Waals surface area contributed by atoms with Crippen molar-refractivity contribution in [1.29, 1.82) is 0 Å². The van der Waals surface area contributed by atoms with Gasteiger partial charge in [-0.2, -0.15) is 0 Å². The fourth-order valence-electron chi connectivity index (χ4n) is 2.31. The Balaban J connectivity index is 2.79. The Morgan fingerprint density at radius 1 is 1.00 bits per heavy atom. The molecule has 0 aromatic carbocycles. The largest absolute Gasteiger partial charge is 0.370 e. The molecule has 2 N–H and O–H groups in total. The van der Waals surface area contributed by atoms with Gasteiger partial charge in [-0.05, 0) is 38.5 Å². The van der Waals surface area contributed by atoms with Crippen LogP contribution in [0.5, 0.6) is 0 Å². The van der Waals surface area contributed by atoms with Gasteiger partial charge in [0.2, 0.25) is 0 Å². The Bertz CT molecular complexity index is 404. The number of nitrogens with zero attached hydrogens (tertiary/aromatic N) is 2. The minimum absolute atomic E-state index is 0.442. The van der Waals surface area contributed by atoms with E-state index in [4.69, 9.17) is 0 Å². The molecule has 1 heterocycles. The molecule has 0 radical (unpaired) electrons. The molecule has 4 nitrogen and oxygen atoms in total. The van der Waals surface area contributed by atoms with Crippen molar-refractivity contribution in [2.24, 2.45) is 5.92 Å². The topological polar surface area (TPSA) is 49.8 Å². The van der Waals surface area contributed by atoms with Gasteiger partial charge in [-0.25, -0.2) is 9.97 Å². The molecule has 1 unspecified atom stereocenters. The number of rotatable bonds is 10. The second-order valence-corrected chi connectivity index (χ2v) is 6.24. The number of hydrogen-bond donors (Lipinski definition) is 2. The molecule has 4 heteroatoms. The van der Waals surface area contributed by atoms with Crippen LogP contribution in [0.3, 0.4) is 0 Å². The van der Waals surface area contributed by atoms with Gasteiger partial charge >= 0.3 is 0 Å². The molecular formula is C17H32N4. The molecular weight excluding hydrogens is 260 g/mol. The third kappa shape index (κ3) is 6.32. The van der Waals surface area contributed by atoms with Crippen LogP contribution in [-0.4, -0.2) is 22.6 Å². The molecule has 1 aromatic rings. The van der Waals surface area contributed by atoms with Gasteiger partial charge in [0.25, 0.3) is 0 Å². The molecule has 0 saturated carbocycles. The first-order valence-corrected chi connectivity index (χ1v) is 8.42. The molecule has 0 saturated heterocycles. The van der Waals surface area contributed by atoms with Crippen LogP contribution in [0.15, 0.2) is 6.33 Å². The molecule has 0 aliphatic carbocycles. The summed E-state index contributed by atoms with van der Waals surface area (Å²) < 4.78 is 0. The highest BCUT2D eigenvalue weighted by atomic mass is 15.1. The summed E-state index contributed by atoms with van der Waals surface area (Å²) in [5, 5.41) is 7.00. The maximum Gasteiger partial charge on any atom is 0.134 e. The second kappa shape index (κ2) is 9.59.